The molecule has 0 bridgehead atoms. The number of carbonyl (C=O) groups excluding carboxylic acids is 1. The van der Waals surface area contributed by atoms with Gasteiger partial charge < -0.3 is 24.4 Å². The van der Waals surface area contributed by atoms with E-state index in [1.807, 2.05) is 0 Å². The summed E-state index contributed by atoms with van der Waals surface area (Å²) in [6.45, 7) is 2.38. The van der Waals surface area contributed by atoms with Crippen LogP contribution in [-0.2, 0) is 17.5 Å². The predicted molar refractivity (Wildman–Crippen MR) is 121 cm³/mol. The summed E-state index contributed by atoms with van der Waals surface area (Å²) >= 11 is 0. The van der Waals surface area contributed by atoms with Gasteiger partial charge in [-0.2, -0.15) is 0 Å². The van der Waals surface area contributed by atoms with E-state index in [1.165, 1.54) is 23.7 Å². The fourth-order valence-corrected chi connectivity index (χ4v) is 4.25. The normalized spacial score (nSPS) is 12.1. The van der Waals surface area contributed by atoms with Crippen molar-refractivity contribution in [1.29, 1.82) is 0 Å². The molecular formula is C22H25FN3O5P. The number of carbonyl (C=O) groups is 1. The average Bonchev–Trinajstić information content (AvgIpc) is 2.77. The van der Waals surface area contributed by atoms with Crippen molar-refractivity contribution >= 4 is 25.3 Å². The lowest BCUT2D eigenvalue weighted by atomic mass is 10.1. The zero-order chi connectivity index (χ0) is 23.3. The zero-order valence-electron chi connectivity index (χ0n) is 17.8. The van der Waals surface area contributed by atoms with E-state index in [-0.39, 0.29) is 23.4 Å². The van der Waals surface area contributed by atoms with Crippen molar-refractivity contribution in [2.24, 2.45) is 0 Å². The highest BCUT2D eigenvalue weighted by Gasteiger charge is 2.22. The van der Waals surface area contributed by atoms with Gasteiger partial charge in [-0.05, 0) is 49.1 Å². The molecule has 3 rings (SSSR count). The Bertz CT molecular complexity index is 1170. The van der Waals surface area contributed by atoms with E-state index in [2.05, 4.69) is 10.3 Å². The van der Waals surface area contributed by atoms with E-state index in [0.29, 0.717) is 31.1 Å². The molecule has 0 aliphatic carbocycles. The molecule has 8 nitrogen and oxygen atoms in total. The second kappa shape index (κ2) is 10.6. The van der Waals surface area contributed by atoms with Crippen molar-refractivity contribution in [2.45, 2.75) is 26.3 Å². The highest BCUT2D eigenvalue weighted by molar-refractivity contribution is 7.46. The summed E-state index contributed by atoms with van der Waals surface area (Å²) in [4.78, 5) is 39.5. The third-order valence-corrected chi connectivity index (χ3v) is 6.18. The number of rotatable bonds is 9. The first kappa shape index (κ1) is 23.8. The van der Waals surface area contributed by atoms with Crippen LogP contribution < -0.4 is 10.9 Å². The molecular weight excluding hydrogens is 436 g/mol. The highest BCUT2D eigenvalue weighted by atomic mass is 31.2. The lowest BCUT2D eigenvalue weighted by Gasteiger charge is -2.16. The number of benzene rings is 1. The Morgan fingerprint density at radius 3 is 2.66 bits per heavy atom. The Labute approximate surface area is 185 Å². The maximum Gasteiger partial charge on any atom is 0.267 e. The first-order valence-electron chi connectivity index (χ1n) is 10.2. The Morgan fingerprint density at radius 1 is 1.28 bits per heavy atom. The molecule has 170 valence electrons. The Balaban J connectivity index is 2.04. The number of aryl methyl sites for hydroxylation is 1. The van der Waals surface area contributed by atoms with Gasteiger partial charge in [0, 0.05) is 26.0 Å². The van der Waals surface area contributed by atoms with Gasteiger partial charge in [0.1, 0.15) is 16.9 Å². The topological polar surface area (TPSA) is 114 Å². The smallest absolute Gasteiger partial charge is 0.267 e. The van der Waals surface area contributed by atoms with Crippen LogP contribution in [0.15, 0.2) is 41.3 Å². The van der Waals surface area contributed by atoms with Crippen LogP contribution in [0.3, 0.4) is 0 Å². The zero-order valence-corrected chi connectivity index (χ0v) is 18.7. The number of amides is 1. The summed E-state index contributed by atoms with van der Waals surface area (Å²) in [6.07, 6.45) is 2.78. The number of hydrogen-bond acceptors (Lipinski definition) is 6. The second-order valence-corrected chi connectivity index (χ2v) is 8.53. The number of pyridine rings is 2. The van der Waals surface area contributed by atoms with E-state index in [4.69, 9.17) is 4.52 Å². The maximum atomic E-state index is 13.2. The molecule has 2 aromatic heterocycles. The maximum absolute atomic E-state index is 13.2. The number of nitrogens with one attached hydrogen (secondary N) is 1. The molecule has 0 aliphatic rings. The molecule has 0 spiro atoms. The molecule has 3 N–H and O–H groups in total. The molecule has 10 heteroatoms. The van der Waals surface area contributed by atoms with E-state index in [0.717, 1.165) is 11.1 Å². The molecule has 1 unspecified atom stereocenters. The Hall–Kier alpha value is -2.87. The average molecular weight is 461 g/mol. The quantitative estimate of drug-likeness (QED) is 0.423. The minimum Gasteiger partial charge on any atom is -0.505 e. The molecule has 32 heavy (non-hydrogen) atoms. The van der Waals surface area contributed by atoms with Gasteiger partial charge in [-0.15, -0.1) is 0 Å². The van der Waals surface area contributed by atoms with Gasteiger partial charge >= 0.3 is 0 Å². The van der Waals surface area contributed by atoms with E-state index >= 15 is 0 Å². The molecule has 0 saturated heterocycles. The second-order valence-electron chi connectivity index (χ2n) is 7.12. The van der Waals surface area contributed by atoms with Gasteiger partial charge in [0.05, 0.1) is 12.1 Å². The Kier molecular flexibility index (Phi) is 7.90. The van der Waals surface area contributed by atoms with E-state index < -0.39 is 25.6 Å². The van der Waals surface area contributed by atoms with Crippen LogP contribution in [0.2, 0.25) is 0 Å². The van der Waals surface area contributed by atoms with Crippen LogP contribution in [0.5, 0.6) is 5.75 Å². The SMILES string of the molecule is CCOP(O)CCCn1c(=O)c(C(=O)NC)c(O)c2ncc(Cc3ccc(F)cc3)cc21. The number of aromatic nitrogens is 2. The predicted octanol–water partition coefficient (Wildman–Crippen LogP) is 2.92. The minimum atomic E-state index is -1.59. The summed E-state index contributed by atoms with van der Waals surface area (Å²) in [6, 6.07) is 7.79. The first-order chi connectivity index (χ1) is 15.3. The number of halogens is 1. The molecule has 1 atom stereocenters. The van der Waals surface area contributed by atoms with Crippen LogP contribution in [0.4, 0.5) is 4.39 Å². The van der Waals surface area contributed by atoms with Gasteiger partial charge in [-0.1, -0.05) is 12.1 Å². The molecule has 0 aliphatic heterocycles. The molecule has 0 radical (unpaired) electrons. The van der Waals surface area contributed by atoms with Crippen LogP contribution in [0.25, 0.3) is 11.0 Å². The van der Waals surface area contributed by atoms with Gasteiger partial charge in [0.15, 0.2) is 14.1 Å². The first-order valence-corrected chi connectivity index (χ1v) is 11.6. The van der Waals surface area contributed by atoms with E-state index in [9.17, 15) is 24.0 Å². The number of nitrogens with zero attached hydrogens (tertiary/aromatic N) is 2. The lowest BCUT2D eigenvalue weighted by molar-refractivity contribution is 0.0958. The molecule has 0 fully saturated rings. The fourth-order valence-electron chi connectivity index (χ4n) is 3.41. The minimum absolute atomic E-state index is 0.127. The largest absolute Gasteiger partial charge is 0.505 e. The summed E-state index contributed by atoms with van der Waals surface area (Å²) in [5.74, 6) is -1.52. The van der Waals surface area contributed by atoms with Crippen LogP contribution in [0.1, 0.15) is 34.8 Å². The van der Waals surface area contributed by atoms with Crippen molar-refractivity contribution in [1.82, 2.24) is 14.9 Å². The van der Waals surface area contributed by atoms with Crippen LogP contribution in [0, 0.1) is 5.82 Å². The van der Waals surface area contributed by atoms with Crippen LogP contribution in [-0.4, -0.2) is 45.3 Å². The summed E-state index contributed by atoms with van der Waals surface area (Å²) in [7, 11) is -0.221. The molecule has 0 saturated carbocycles. The van der Waals surface area contributed by atoms with Crippen molar-refractivity contribution in [3.63, 3.8) is 0 Å². The molecule has 2 heterocycles. The molecule has 3 aromatic rings. The van der Waals surface area contributed by atoms with Gasteiger partial charge in [-0.3, -0.25) is 14.6 Å². The van der Waals surface area contributed by atoms with Crippen molar-refractivity contribution in [3.05, 3.63) is 69.4 Å². The van der Waals surface area contributed by atoms with Gasteiger partial charge in [0.25, 0.3) is 11.5 Å². The number of fused-ring (bicyclic) bond motifs is 1. The third kappa shape index (κ3) is 5.30. The van der Waals surface area contributed by atoms with Crippen molar-refractivity contribution in [3.8, 4) is 5.75 Å². The molecule has 1 amide bonds. The third-order valence-electron chi connectivity index (χ3n) is 4.92. The summed E-state index contributed by atoms with van der Waals surface area (Å²) in [5, 5.41) is 13.0. The Morgan fingerprint density at radius 2 is 2.00 bits per heavy atom. The standard InChI is InChI=1S/C22H25FN3O5P/c1-3-31-32(30)10-4-9-26-17-12-15(11-14-5-7-16(23)8-6-14)13-25-19(17)20(27)18(22(26)29)21(28)24-2/h5-8,12-13,27,30H,3-4,9-11H2,1-2H3,(H,24,28). The summed E-state index contributed by atoms with van der Waals surface area (Å²) in [5.41, 5.74) is 1.09. The van der Waals surface area contributed by atoms with Crippen LogP contribution >= 0.6 is 8.38 Å². The monoisotopic (exact) mass is 461 g/mol. The number of aromatic hydroxyl groups is 1. The lowest BCUT2D eigenvalue weighted by Crippen LogP contribution is -2.32. The number of hydrogen-bond donors (Lipinski definition) is 3. The van der Waals surface area contributed by atoms with Crippen molar-refractivity contribution in [2.75, 3.05) is 19.8 Å². The molecule has 1 aromatic carbocycles. The van der Waals surface area contributed by atoms with E-state index in [1.54, 1.807) is 31.3 Å². The highest BCUT2D eigenvalue weighted by Crippen LogP contribution is 2.32. The summed E-state index contributed by atoms with van der Waals surface area (Å²) < 4.78 is 19.8. The fraction of sp³-hybridized carbons (Fsp3) is 0.318. The van der Waals surface area contributed by atoms with Gasteiger partial charge in [-0.25, -0.2) is 4.39 Å². The van der Waals surface area contributed by atoms with Crippen molar-refractivity contribution < 1.29 is 23.7 Å². The van der Waals surface area contributed by atoms with Gasteiger partial charge in [0.2, 0.25) is 0 Å².